The molecule has 0 aliphatic carbocycles. The van der Waals surface area contributed by atoms with Crippen LogP contribution in [-0.2, 0) is 21.9 Å². The minimum Gasteiger partial charge on any atom is -0.341 e. The van der Waals surface area contributed by atoms with Crippen molar-refractivity contribution in [1.82, 2.24) is 24.5 Å². The molecule has 2 atom stereocenters. The van der Waals surface area contributed by atoms with Crippen LogP contribution in [0.4, 0.5) is 0 Å². The van der Waals surface area contributed by atoms with Crippen molar-refractivity contribution in [2.45, 2.75) is 49.7 Å². The SMILES string of the molecule is Cc1nc(S(=O)(=O)NCCC(=O)N2CCC3CCC(C2)N3)cn1C.Cl. The van der Waals surface area contributed by atoms with Crippen LogP contribution >= 0.6 is 12.4 Å². The van der Waals surface area contributed by atoms with Crippen LogP contribution in [0.1, 0.15) is 31.5 Å². The van der Waals surface area contributed by atoms with Crippen LogP contribution in [0.2, 0.25) is 0 Å². The number of halogens is 1. The molecule has 10 heteroatoms. The maximum atomic E-state index is 12.4. The second kappa shape index (κ2) is 8.03. The standard InChI is InChI=1S/C15H25N5O3S.ClH/c1-11-17-14(10-19(11)2)24(22,23)16-7-5-15(21)20-8-6-12-3-4-13(9-20)18-12;/h10,12-13,16,18H,3-9H2,1-2H3;1H. The molecule has 2 bridgehead atoms. The molecule has 3 heterocycles. The summed E-state index contributed by atoms with van der Waals surface area (Å²) >= 11 is 0. The van der Waals surface area contributed by atoms with Crippen molar-refractivity contribution in [3.8, 4) is 0 Å². The number of hydrogen-bond acceptors (Lipinski definition) is 5. The summed E-state index contributed by atoms with van der Waals surface area (Å²) in [4.78, 5) is 18.2. The quantitative estimate of drug-likeness (QED) is 0.746. The van der Waals surface area contributed by atoms with Gasteiger partial charge in [0.15, 0.2) is 5.03 Å². The van der Waals surface area contributed by atoms with Crippen LogP contribution in [0.5, 0.6) is 0 Å². The number of nitrogens with zero attached hydrogens (tertiary/aromatic N) is 3. The van der Waals surface area contributed by atoms with Gasteiger partial charge < -0.3 is 14.8 Å². The molecule has 2 unspecified atom stereocenters. The van der Waals surface area contributed by atoms with E-state index >= 15 is 0 Å². The van der Waals surface area contributed by atoms with E-state index in [1.807, 2.05) is 4.90 Å². The highest BCUT2D eigenvalue weighted by Gasteiger charge is 2.31. The van der Waals surface area contributed by atoms with E-state index in [0.29, 0.717) is 17.9 Å². The van der Waals surface area contributed by atoms with Gasteiger partial charge in [0.2, 0.25) is 5.91 Å². The topological polar surface area (TPSA) is 96.3 Å². The minimum absolute atomic E-state index is 0. The molecule has 1 aromatic heterocycles. The summed E-state index contributed by atoms with van der Waals surface area (Å²) in [7, 11) is -1.93. The lowest BCUT2D eigenvalue weighted by atomic mass is 10.1. The summed E-state index contributed by atoms with van der Waals surface area (Å²) in [6.45, 7) is 3.30. The van der Waals surface area contributed by atoms with Crippen LogP contribution in [0.3, 0.4) is 0 Å². The van der Waals surface area contributed by atoms with Gasteiger partial charge in [-0.15, -0.1) is 12.4 Å². The lowest BCUT2D eigenvalue weighted by Gasteiger charge is -2.24. The summed E-state index contributed by atoms with van der Waals surface area (Å²) in [5, 5.41) is 3.52. The molecule has 3 rings (SSSR count). The number of aryl methyl sites for hydroxylation is 2. The van der Waals surface area contributed by atoms with Crippen LogP contribution < -0.4 is 10.0 Å². The Morgan fingerprint density at radius 1 is 1.36 bits per heavy atom. The second-order valence-corrected chi connectivity index (χ2v) is 8.37. The van der Waals surface area contributed by atoms with Crippen LogP contribution in [0.25, 0.3) is 0 Å². The first-order valence-corrected chi connectivity index (χ1v) is 9.87. The lowest BCUT2D eigenvalue weighted by molar-refractivity contribution is -0.131. The Kier molecular flexibility index (Phi) is 6.47. The van der Waals surface area contributed by atoms with Gasteiger partial charge in [0.1, 0.15) is 5.82 Å². The van der Waals surface area contributed by atoms with Crippen LogP contribution in [-0.4, -0.2) is 60.5 Å². The van der Waals surface area contributed by atoms with Gasteiger partial charge in [-0.3, -0.25) is 4.79 Å². The van der Waals surface area contributed by atoms with Gasteiger partial charge in [-0.2, -0.15) is 0 Å². The molecule has 1 aromatic rings. The summed E-state index contributed by atoms with van der Waals surface area (Å²) in [6.07, 6.45) is 4.91. The Bertz CT molecular complexity index is 701. The van der Waals surface area contributed by atoms with E-state index in [1.54, 1.807) is 18.5 Å². The summed E-state index contributed by atoms with van der Waals surface area (Å²) in [5.74, 6) is 0.628. The first kappa shape index (κ1) is 20.2. The predicted molar refractivity (Wildman–Crippen MR) is 96.1 cm³/mol. The molecule has 1 amide bonds. The number of likely N-dealkylation sites (tertiary alicyclic amines) is 1. The second-order valence-electron chi connectivity index (χ2n) is 6.65. The van der Waals surface area contributed by atoms with Crippen molar-refractivity contribution < 1.29 is 13.2 Å². The summed E-state index contributed by atoms with van der Waals surface area (Å²) in [6, 6.07) is 0.910. The highest BCUT2D eigenvalue weighted by molar-refractivity contribution is 7.89. The van der Waals surface area contributed by atoms with Gasteiger partial charge in [-0.05, 0) is 26.2 Å². The molecule has 0 radical (unpaired) electrons. The molecule has 2 fully saturated rings. The molecular weight excluding hydrogens is 366 g/mol. The number of nitrogens with one attached hydrogen (secondary N) is 2. The Morgan fingerprint density at radius 2 is 2.08 bits per heavy atom. The maximum Gasteiger partial charge on any atom is 0.259 e. The number of aromatic nitrogens is 2. The summed E-state index contributed by atoms with van der Waals surface area (Å²) < 4.78 is 28.5. The molecule has 2 aliphatic heterocycles. The molecule has 25 heavy (non-hydrogen) atoms. The van der Waals surface area contributed by atoms with Gasteiger partial charge in [-0.25, -0.2) is 18.1 Å². The van der Waals surface area contributed by atoms with Crippen molar-refractivity contribution in [2.24, 2.45) is 7.05 Å². The van der Waals surface area contributed by atoms with E-state index in [0.717, 1.165) is 25.9 Å². The number of carbonyl (C=O) groups is 1. The zero-order valence-electron chi connectivity index (χ0n) is 14.6. The van der Waals surface area contributed by atoms with Crippen LogP contribution in [0.15, 0.2) is 11.2 Å². The van der Waals surface area contributed by atoms with Crippen molar-refractivity contribution in [1.29, 1.82) is 0 Å². The normalized spacial score (nSPS) is 23.2. The van der Waals surface area contributed by atoms with E-state index in [9.17, 15) is 13.2 Å². The molecule has 142 valence electrons. The third-order valence-corrected chi connectivity index (χ3v) is 6.20. The van der Waals surface area contributed by atoms with Crippen molar-refractivity contribution in [3.63, 3.8) is 0 Å². The fourth-order valence-electron chi connectivity index (χ4n) is 3.35. The Balaban J connectivity index is 0.00000225. The molecule has 8 nitrogen and oxygen atoms in total. The first-order valence-electron chi connectivity index (χ1n) is 8.38. The first-order chi connectivity index (χ1) is 11.3. The van der Waals surface area contributed by atoms with Crippen LogP contribution in [0, 0.1) is 6.92 Å². The van der Waals surface area contributed by atoms with Gasteiger partial charge in [0.05, 0.1) is 0 Å². The highest BCUT2D eigenvalue weighted by atomic mass is 35.5. The molecule has 2 saturated heterocycles. The number of amides is 1. The number of imidazole rings is 1. The summed E-state index contributed by atoms with van der Waals surface area (Å²) in [5.41, 5.74) is 0. The average Bonchev–Trinajstić information content (AvgIpc) is 3.02. The van der Waals surface area contributed by atoms with E-state index in [1.165, 1.54) is 12.6 Å². The van der Waals surface area contributed by atoms with Gasteiger partial charge >= 0.3 is 0 Å². The molecule has 0 aromatic carbocycles. The van der Waals surface area contributed by atoms with E-state index in [-0.39, 0.29) is 36.3 Å². The minimum atomic E-state index is -3.67. The zero-order chi connectivity index (χ0) is 17.3. The zero-order valence-corrected chi connectivity index (χ0v) is 16.2. The highest BCUT2D eigenvalue weighted by Crippen LogP contribution is 2.20. The molecule has 2 aliphatic rings. The number of hydrogen-bond donors (Lipinski definition) is 2. The smallest absolute Gasteiger partial charge is 0.259 e. The van der Waals surface area contributed by atoms with E-state index in [4.69, 9.17) is 0 Å². The Labute approximate surface area is 154 Å². The van der Waals surface area contributed by atoms with Gasteiger partial charge in [0.25, 0.3) is 10.0 Å². The monoisotopic (exact) mass is 391 g/mol. The number of rotatable bonds is 5. The number of carbonyl (C=O) groups excluding carboxylic acids is 1. The van der Waals surface area contributed by atoms with Crippen molar-refractivity contribution in [2.75, 3.05) is 19.6 Å². The number of fused-ring (bicyclic) bond motifs is 2. The fourth-order valence-corrected chi connectivity index (χ4v) is 4.42. The Morgan fingerprint density at radius 3 is 2.76 bits per heavy atom. The maximum absolute atomic E-state index is 12.4. The predicted octanol–water partition coefficient (Wildman–Crippen LogP) is 0.172. The van der Waals surface area contributed by atoms with Gasteiger partial charge in [0, 0.05) is 51.4 Å². The van der Waals surface area contributed by atoms with Gasteiger partial charge in [-0.1, -0.05) is 0 Å². The largest absolute Gasteiger partial charge is 0.341 e. The Hall–Kier alpha value is -1.16. The molecule has 2 N–H and O–H groups in total. The third-order valence-electron chi connectivity index (χ3n) is 4.87. The lowest BCUT2D eigenvalue weighted by Crippen LogP contribution is -2.40. The third kappa shape index (κ3) is 4.72. The van der Waals surface area contributed by atoms with Crippen molar-refractivity contribution in [3.05, 3.63) is 12.0 Å². The van der Waals surface area contributed by atoms with E-state index < -0.39 is 10.0 Å². The average molecular weight is 392 g/mol. The van der Waals surface area contributed by atoms with E-state index in [2.05, 4.69) is 15.0 Å². The van der Waals surface area contributed by atoms with Crippen molar-refractivity contribution >= 4 is 28.3 Å². The molecule has 0 spiro atoms. The fraction of sp³-hybridized carbons (Fsp3) is 0.733. The molecule has 0 saturated carbocycles. The molecular formula is C15H26ClN5O3S. The number of sulfonamides is 1.